The van der Waals surface area contributed by atoms with Crippen LogP contribution in [0.1, 0.15) is 26.4 Å². The number of benzene rings is 2. The normalized spacial score (nSPS) is 10.3. The van der Waals surface area contributed by atoms with E-state index in [1.54, 1.807) is 35.7 Å². The van der Waals surface area contributed by atoms with E-state index in [2.05, 4.69) is 15.6 Å². The number of halogens is 1. The first-order valence-corrected chi connectivity index (χ1v) is 8.73. The molecule has 3 rings (SSSR count). The molecule has 1 aromatic heterocycles. The summed E-state index contributed by atoms with van der Waals surface area (Å²) in [5.74, 6) is -0.589. The summed E-state index contributed by atoms with van der Waals surface area (Å²) in [5, 5.41) is 8.01. The van der Waals surface area contributed by atoms with Crippen LogP contribution in [0.25, 0.3) is 0 Å². The molecule has 0 fully saturated rings. The molecular formula is C18H14ClN3O2S. The predicted molar refractivity (Wildman–Crippen MR) is 99.1 cm³/mol. The quantitative estimate of drug-likeness (QED) is 0.712. The molecule has 0 aliphatic carbocycles. The Bertz CT molecular complexity index is 896. The molecule has 2 aromatic carbocycles. The Morgan fingerprint density at radius 3 is 2.48 bits per heavy atom. The average Bonchev–Trinajstić information content (AvgIpc) is 3.10. The number of hydrogen-bond acceptors (Lipinski definition) is 4. The van der Waals surface area contributed by atoms with E-state index < -0.39 is 0 Å². The molecule has 2 N–H and O–H groups in total. The molecule has 0 aliphatic rings. The van der Waals surface area contributed by atoms with Gasteiger partial charge in [-0.15, -0.1) is 11.3 Å². The van der Waals surface area contributed by atoms with Gasteiger partial charge in [-0.1, -0.05) is 48.0 Å². The molecule has 0 saturated carbocycles. The van der Waals surface area contributed by atoms with Gasteiger partial charge in [0.1, 0.15) is 5.69 Å². The van der Waals surface area contributed by atoms with Crippen LogP contribution in [-0.2, 0) is 6.54 Å². The molecule has 5 nitrogen and oxygen atoms in total. The zero-order chi connectivity index (χ0) is 17.6. The van der Waals surface area contributed by atoms with Gasteiger partial charge in [-0.05, 0) is 23.8 Å². The Hall–Kier alpha value is -2.70. The average molecular weight is 372 g/mol. The first kappa shape index (κ1) is 17.1. The van der Waals surface area contributed by atoms with Crippen LogP contribution in [-0.4, -0.2) is 16.8 Å². The minimum atomic E-state index is -0.323. The fourth-order valence-electron chi connectivity index (χ4n) is 2.10. The number of nitrogens with zero attached hydrogens (tertiary/aromatic N) is 1. The zero-order valence-corrected chi connectivity index (χ0v) is 14.6. The second-order valence-electron chi connectivity index (χ2n) is 5.13. The zero-order valence-electron chi connectivity index (χ0n) is 13.0. The van der Waals surface area contributed by atoms with Crippen molar-refractivity contribution in [3.63, 3.8) is 0 Å². The topological polar surface area (TPSA) is 71.1 Å². The van der Waals surface area contributed by atoms with Gasteiger partial charge in [0.25, 0.3) is 11.8 Å². The van der Waals surface area contributed by atoms with Crippen LogP contribution < -0.4 is 10.6 Å². The lowest BCUT2D eigenvalue weighted by molar-refractivity contribution is 0.0945. The van der Waals surface area contributed by atoms with E-state index in [1.807, 2.05) is 24.3 Å². The van der Waals surface area contributed by atoms with Gasteiger partial charge < -0.3 is 5.32 Å². The molecule has 7 heteroatoms. The van der Waals surface area contributed by atoms with Gasteiger partial charge in [0.05, 0.1) is 0 Å². The van der Waals surface area contributed by atoms with Crippen LogP contribution in [0.4, 0.5) is 5.13 Å². The molecule has 126 valence electrons. The van der Waals surface area contributed by atoms with Crippen LogP contribution in [0.2, 0.25) is 5.02 Å². The van der Waals surface area contributed by atoms with Crippen molar-refractivity contribution in [2.45, 2.75) is 6.54 Å². The number of carbonyl (C=O) groups is 2. The predicted octanol–water partition coefficient (Wildman–Crippen LogP) is 3.98. The fourth-order valence-corrected chi connectivity index (χ4v) is 2.99. The standard InChI is InChI=1S/C18H14ClN3O2S/c19-14-9-5-4-8-13(14)10-20-17(24)15-11-25-18(21-15)22-16(23)12-6-2-1-3-7-12/h1-9,11H,10H2,(H,20,24)(H,21,22,23). The van der Waals surface area contributed by atoms with E-state index in [1.165, 1.54) is 11.3 Å². The number of carbonyl (C=O) groups excluding carboxylic acids is 2. The molecule has 2 amide bonds. The summed E-state index contributed by atoms with van der Waals surface area (Å²) >= 11 is 7.26. The smallest absolute Gasteiger partial charge is 0.271 e. The van der Waals surface area contributed by atoms with Gasteiger partial charge in [0.15, 0.2) is 5.13 Å². The molecule has 0 spiro atoms. The lowest BCUT2D eigenvalue weighted by Crippen LogP contribution is -2.23. The Labute approximate surface area is 153 Å². The number of aromatic nitrogens is 1. The van der Waals surface area contributed by atoms with Gasteiger partial charge in [-0.3, -0.25) is 14.9 Å². The maximum absolute atomic E-state index is 12.2. The molecule has 0 aliphatic heterocycles. The Balaban J connectivity index is 1.60. The van der Waals surface area contributed by atoms with Crippen LogP contribution in [0.5, 0.6) is 0 Å². The Morgan fingerprint density at radius 2 is 1.72 bits per heavy atom. The number of anilines is 1. The minimum absolute atomic E-state index is 0.250. The minimum Gasteiger partial charge on any atom is -0.347 e. The molecule has 25 heavy (non-hydrogen) atoms. The maximum atomic E-state index is 12.2. The second-order valence-corrected chi connectivity index (χ2v) is 6.40. The monoisotopic (exact) mass is 371 g/mol. The maximum Gasteiger partial charge on any atom is 0.271 e. The van der Waals surface area contributed by atoms with Gasteiger partial charge in [-0.2, -0.15) is 0 Å². The van der Waals surface area contributed by atoms with Crippen LogP contribution in [0.15, 0.2) is 60.0 Å². The molecule has 0 saturated heterocycles. The van der Waals surface area contributed by atoms with Crippen LogP contribution in [0.3, 0.4) is 0 Å². The van der Waals surface area contributed by atoms with Crippen molar-refractivity contribution in [3.05, 3.63) is 81.8 Å². The highest BCUT2D eigenvalue weighted by molar-refractivity contribution is 7.14. The fraction of sp³-hybridized carbons (Fsp3) is 0.0556. The molecule has 3 aromatic rings. The number of rotatable bonds is 5. The summed E-state index contributed by atoms with van der Waals surface area (Å²) in [5.41, 5.74) is 1.60. The van der Waals surface area contributed by atoms with Crippen molar-refractivity contribution in [3.8, 4) is 0 Å². The van der Waals surface area contributed by atoms with Crippen molar-refractivity contribution < 1.29 is 9.59 Å². The summed E-state index contributed by atoms with van der Waals surface area (Å²) in [6, 6.07) is 16.1. The van der Waals surface area contributed by atoms with E-state index in [0.29, 0.717) is 22.3 Å². The van der Waals surface area contributed by atoms with Gasteiger partial charge in [-0.25, -0.2) is 4.98 Å². The third kappa shape index (κ3) is 4.43. The van der Waals surface area contributed by atoms with Crippen molar-refractivity contribution in [2.24, 2.45) is 0 Å². The number of hydrogen-bond donors (Lipinski definition) is 2. The lowest BCUT2D eigenvalue weighted by atomic mass is 10.2. The Morgan fingerprint density at radius 1 is 1.00 bits per heavy atom. The summed E-state index contributed by atoms with van der Waals surface area (Å²) in [6.45, 7) is 0.307. The first-order chi connectivity index (χ1) is 12.1. The van der Waals surface area contributed by atoms with E-state index in [9.17, 15) is 9.59 Å². The van der Waals surface area contributed by atoms with E-state index in [0.717, 1.165) is 5.56 Å². The van der Waals surface area contributed by atoms with Crippen molar-refractivity contribution >= 4 is 39.9 Å². The van der Waals surface area contributed by atoms with E-state index in [-0.39, 0.29) is 17.5 Å². The van der Waals surface area contributed by atoms with Crippen molar-refractivity contribution in [2.75, 3.05) is 5.32 Å². The summed E-state index contributed by atoms with van der Waals surface area (Å²) in [7, 11) is 0. The van der Waals surface area contributed by atoms with Crippen LogP contribution >= 0.6 is 22.9 Å². The third-order valence-electron chi connectivity index (χ3n) is 3.39. The molecule has 0 atom stereocenters. The Kier molecular flexibility index (Phi) is 5.42. The molecule has 0 unspecified atom stereocenters. The van der Waals surface area contributed by atoms with Gasteiger partial charge in [0.2, 0.25) is 0 Å². The summed E-state index contributed by atoms with van der Waals surface area (Å²) in [6.07, 6.45) is 0. The van der Waals surface area contributed by atoms with Crippen molar-refractivity contribution in [1.82, 2.24) is 10.3 Å². The SMILES string of the molecule is O=C(Nc1nc(C(=O)NCc2ccccc2Cl)cs1)c1ccccc1. The molecular weight excluding hydrogens is 358 g/mol. The number of thiazole rings is 1. The number of amides is 2. The molecule has 0 radical (unpaired) electrons. The van der Waals surface area contributed by atoms with E-state index in [4.69, 9.17) is 11.6 Å². The van der Waals surface area contributed by atoms with E-state index >= 15 is 0 Å². The number of nitrogens with one attached hydrogen (secondary N) is 2. The van der Waals surface area contributed by atoms with Gasteiger partial charge in [0, 0.05) is 22.5 Å². The van der Waals surface area contributed by atoms with Gasteiger partial charge >= 0.3 is 0 Å². The molecule has 0 bridgehead atoms. The highest BCUT2D eigenvalue weighted by atomic mass is 35.5. The second kappa shape index (κ2) is 7.92. The highest BCUT2D eigenvalue weighted by Gasteiger charge is 2.13. The van der Waals surface area contributed by atoms with Crippen molar-refractivity contribution in [1.29, 1.82) is 0 Å². The third-order valence-corrected chi connectivity index (χ3v) is 4.52. The summed E-state index contributed by atoms with van der Waals surface area (Å²) < 4.78 is 0. The molecule has 1 heterocycles. The first-order valence-electron chi connectivity index (χ1n) is 7.47. The lowest BCUT2D eigenvalue weighted by Gasteiger charge is -2.05. The largest absolute Gasteiger partial charge is 0.347 e. The van der Waals surface area contributed by atoms with Crippen LogP contribution in [0, 0.1) is 0 Å². The summed E-state index contributed by atoms with van der Waals surface area (Å²) in [4.78, 5) is 28.4. The highest BCUT2D eigenvalue weighted by Crippen LogP contribution is 2.18.